The van der Waals surface area contributed by atoms with Gasteiger partial charge >= 0.3 is 0 Å². The average Bonchev–Trinajstić information content (AvgIpc) is 2.96. The van der Waals surface area contributed by atoms with Gasteiger partial charge in [-0.15, -0.1) is 0 Å². The zero-order valence-electron chi connectivity index (χ0n) is 13.2. The molecule has 1 aromatic carbocycles. The second kappa shape index (κ2) is 6.90. The summed E-state index contributed by atoms with van der Waals surface area (Å²) in [7, 11) is -3.33. The van der Waals surface area contributed by atoms with Crippen molar-refractivity contribution in [1.82, 2.24) is 9.62 Å². The van der Waals surface area contributed by atoms with Gasteiger partial charge < -0.3 is 5.32 Å². The second-order valence-electron chi connectivity index (χ2n) is 6.08. The van der Waals surface area contributed by atoms with Crippen molar-refractivity contribution in [2.45, 2.75) is 38.6 Å². The standard InChI is InChI=1S/C16H26N2O2S/c1-4-17-11-14-5-7-16(8-6-14)21(19,20)18-10-9-15(12-18)13(2)3/h5-8,13,15,17H,4,9-12H2,1-3H3. The maximum absolute atomic E-state index is 12.6. The number of nitrogens with zero attached hydrogens (tertiary/aromatic N) is 1. The number of nitrogens with one attached hydrogen (secondary N) is 1. The van der Waals surface area contributed by atoms with E-state index in [1.54, 1.807) is 16.4 Å². The SMILES string of the molecule is CCNCc1ccc(S(=O)(=O)N2CCC(C(C)C)C2)cc1. The van der Waals surface area contributed by atoms with Gasteiger partial charge in [-0.2, -0.15) is 4.31 Å². The van der Waals surface area contributed by atoms with Gasteiger partial charge in [0.15, 0.2) is 0 Å². The first-order valence-electron chi connectivity index (χ1n) is 7.75. The molecule has 1 N–H and O–H groups in total. The van der Waals surface area contributed by atoms with Crippen molar-refractivity contribution in [3.05, 3.63) is 29.8 Å². The molecular weight excluding hydrogens is 284 g/mol. The summed E-state index contributed by atoms with van der Waals surface area (Å²) in [5, 5.41) is 3.24. The first-order chi connectivity index (χ1) is 9.95. The van der Waals surface area contributed by atoms with E-state index in [4.69, 9.17) is 0 Å². The molecule has 1 aliphatic heterocycles. The Hall–Kier alpha value is -0.910. The maximum Gasteiger partial charge on any atom is 0.243 e. The molecule has 0 aliphatic carbocycles. The molecule has 1 aromatic rings. The molecule has 5 heteroatoms. The van der Waals surface area contributed by atoms with E-state index in [2.05, 4.69) is 26.1 Å². The van der Waals surface area contributed by atoms with Gasteiger partial charge in [0.2, 0.25) is 10.0 Å². The topological polar surface area (TPSA) is 49.4 Å². The van der Waals surface area contributed by atoms with Crippen LogP contribution in [0, 0.1) is 11.8 Å². The fourth-order valence-corrected chi connectivity index (χ4v) is 4.23. The Morgan fingerprint density at radius 3 is 2.48 bits per heavy atom. The van der Waals surface area contributed by atoms with Gasteiger partial charge in [-0.3, -0.25) is 0 Å². The summed E-state index contributed by atoms with van der Waals surface area (Å²) in [6.07, 6.45) is 0.968. The number of benzene rings is 1. The number of hydrogen-bond donors (Lipinski definition) is 1. The minimum Gasteiger partial charge on any atom is -0.313 e. The number of rotatable bonds is 6. The van der Waals surface area contributed by atoms with Crippen LogP contribution in [0.25, 0.3) is 0 Å². The van der Waals surface area contributed by atoms with Gasteiger partial charge in [-0.05, 0) is 42.5 Å². The summed E-state index contributed by atoms with van der Waals surface area (Å²) in [5.74, 6) is 1.01. The minimum absolute atomic E-state index is 0.409. The lowest BCUT2D eigenvalue weighted by atomic mass is 9.96. The summed E-state index contributed by atoms with van der Waals surface area (Å²) >= 11 is 0. The highest BCUT2D eigenvalue weighted by Gasteiger charge is 2.33. The first kappa shape index (κ1) is 16.5. The molecule has 1 heterocycles. The van der Waals surface area contributed by atoms with Crippen molar-refractivity contribution in [3.63, 3.8) is 0 Å². The molecule has 0 bridgehead atoms. The Bertz CT molecular complexity index is 552. The normalized spacial score (nSPS) is 20.3. The Morgan fingerprint density at radius 1 is 1.29 bits per heavy atom. The van der Waals surface area contributed by atoms with E-state index in [9.17, 15) is 8.42 Å². The highest BCUT2D eigenvalue weighted by molar-refractivity contribution is 7.89. The maximum atomic E-state index is 12.6. The lowest BCUT2D eigenvalue weighted by Crippen LogP contribution is -2.29. The lowest BCUT2D eigenvalue weighted by Gasteiger charge is -2.18. The molecule has 1 atom stereocenters. The summed E-state index contributed by atoms with van der Waals surface area (Å²) in [5.41, 5.74) is 1.11. The Labute approximate surface area is 128 Å². The van der Waals surface area contributed by atoms with Gasteiger partial charge in [0.05, 0.1) is 4.90 Å². The molecule has 0 spiro atoms. The van der Waals surface area contributed by atoms with Crippen LogP contribution in [0.3, 0.4) is 0 Å². The predicted octanol–water partition coefficient (Wildman–Crippen LogP) is 2.46. The summed E-state index contributed by atoms with van der Waals surface area (Å²) < 4.78 is 26.9. The highest BCUT2D eigenvalue weighted by atomic mass is 32.2. The van der Waals surface area contributed by atoms with E-state index >= 15 is 0 Å². The highest BCUT2D eigenvalue weighted by Crippen LogP contribution is 2.28. The summed E-state index contributed by atoms with van der Waals surface area (Å²) in [6.45, 7) is 9.35. The van der Waals surface area contributed by atoms with E-state index in [0.29, 0.717) is 29.8 Å². The van der Waals surface area contributed by atoms with Crippen LogP contribution in [0.5, 0.6) is 0 Å². The molecule has 4 nitrogen and oxygen atoms in total. The fourth-order valence-electron chi connectivity index (χ4n) is 2.71. The third-order valence-corrected chi connectivity index (χ3v) is 6.15. The average molecular weight is 310 g/mol. The monoisotopic (exact) mass is 310 g/mol. The van der Waals surface area contributed by atoms with Gasteiger partial charge in [0.25, 0.3) is 0 Å². The molecule has 1 saturated heterocycles. The van der Waals surface area contributed by atoms with Crippen LogP contribution in [0.2, 0.25) is 0 Å². The van der Waals surface area contributed by atoms with Crippen molar-refractivity contribution in [2.24, 2.45) is 11.8 Å². The summed E-state index contributed by atoms with van der Waals surface area (Å²) in [4.78, 5) is 0.409. The van der Waals surface area contributed by atoms with Crippen LogP contribution < -0.4 is 5.32 Å². The van der Waals surface area contributed by atoms with Crippen molar-refractivity contribution in [1.29, 1.82) is 0 Å². The smallest absolute Gasteiger partial charge is 0.243 e. The van der Waals surface area contributed by atoms with Crippen molar-refractivity contribution < 1.29 is 8.42 Å². The van der Waals surface area contributed by atoms with E-state index in [1.807, 2.05) is 12.1 Å². The zero-order valence-corrected chi connectivity index (χ0v) is 14.0. The van der Waals surface area contributed by atoms with Crippen molar-refractivity contribution >= 4 is 10.0 Å². The first-order valence-corrected chi connectivity index (χ1v) is 9.19. The molecule has 0 radical (unpaired) electrons. The minimum atomic E-state index is -3.33. The van der Waals surface area contributed by atoms with Gasteiger partial charge in [-0.1, -0.05) is 32.9 Å². The largest absolute Gasteiger partial charge is 0.313 e. The zero-order chi connectivity index (χ0) is 15.5. The fraction of sp³-hybridized carbons (Fsp3) is 0.625. The molecule has 1 unspecified atom stereocenters. The lowest BCUT2D eigenvalue weighted by molar-refractivity contribution is 0.388. The molecule has 0 aromatic heterocycles. The summed E-state index contributed by atoms with van der Waals surface area (Å²) in [6, 6.07) is 7.24. The quantitative estimate of drug-likeness (QED) is 0.878. The van der Waals surface area contributed by atoms with Crippen molar-refractivity contribution in [3.8, 4) is 0 Å². The van der Waals surface area contributed by atoms with Crippen LogP contribution in [-0.4, -0.2) is 32.4 Å². The Balaban J connectivity index is 2.09. The molecule has 118 valence electrons. The molecule has 2 rings (SSSR count). The Kier molecular flexibility index (Phi) is 5.41. The molecule has 1 fully saturated rings. The molecule has 1 aliphatic rings. The second-order valence-corrected chi connectivity index (χ2v) is 8.02. The third kappa shape index (κ3) is 3.84. The van der Waals surface area contributed by atoms with E-state index in [0.717, 1.165) is 25.1 Å². The van der Waals surface area contributed by atoms with Gasteiger partial charge in [0.1, 0.15) is 0 Å². The number of hydrogen-bond acceptors (Lipinski definition) is 3. The van der Waals surface area contributed by atoms with Crippen LogP contribution in [-0.2, 0) is 16.6 Å². The van der Waals surface area contributed by atoms with E-state index < -0.39 is 10.0 Å². The molecule has 0 saturated carbocycles. The van der Waals surface area contributed by atoms with Crippen LogP contribution in [0.1, 0.15) is 32.8 Å². The van der Waals surface area contributed by atoms with E-state index in [-0.39, 0.29) is 0 Å². The van der Waals surface area contributed by atoms with Crippen LogP contribution in [0.4, 0.5) is 0 Å². The predicted molar refractivity (Wildman–Crippen MR) is 85.5 cm³/mol. The molecule has 0 amide bonds. The van der Waals surface area contributed by atoms with Crippen molar-refractivity contribution in [2.75, 3.05) is 19.6 Å². The molecular formula is C16H26N2O2S. The Morgan fingerprint density at radius 2 is 1.95 bits per heavy atom. The van der Waals surface area contributed by atoms with Gasteiger partial charge in [0, 0.05) is 19.6 Å². The third-order valence-electron chi connectivity index (χ3n) is 4.27. The van der Waals surface area contributed by atoms with Crippen LogP contribution >= 0.6 is 0 Å². The van der Waals surface area contributed by atoms with Gasteiger partial charge in [-0.25, -0.2) is 8.42 Å². The number of sulfonamides is 1. The van der Waals surface area contributed by atoms with E-state index in [1.165, 1.54) is 0 Å². The van der Waals surface area contributed by atoms with Crippen LogP contribution in [0.15, 0.2) is 29.2 Å². The molecule has 21 heavy (non-hydrogen) atoms.